The minimum Gasteiger partial charge on any atom is -0.377 e. The van der Waals surface area contributed by atoms with Crippen LogP contribution in [0.4, 0.5) is 0 Å². The minimum absolute atomic E-state index is 0.547. The van der Waals surface area contributed by atoms with Crippen LogP contribution in [0.5, 0.6) is 0 Å². The highest BCUT2D eigenvalue weighted by Gasteiger charge is 2.15. The van der Waals surface area contributed by atoms with Crippen molar-refractivity contribution in [1.29, 1.82) is 0 Å². The molecule has 1 heterocycles. The topological polar surface area (TPSA) is 9.23 Å². The van der Waals surface area contributed by atoms with Crippen molar-refractivity contribution in [2.24, 2.45) is 0 Å². The van der Waals surface area contributed by atoms with E-state index in [1.807, 2.05) is 49.3 Å². The molecule has 1 nitrogen and oxygen atoms in total. The van der Waals surface area contributed by atoms with E-state index in [1.165, 1.54) is 18.6 Å². The van der Waals surface area contributed by atoms with Crippen molar-refractivity contribution in [3.8, 4) is 0 Å². The Morgan fingerprint density at radius 3 is 2.26 bits per heavy atom. The van der Waals surface area contributed by atoms with Crippen LogP contribution in [-0.2, 0) is 4.74 Å². The fourth-order valence-electron chi connectivity index (χ4n) is 1.25. The monoisotopic (exact) mass is 340 g/mol. The Balaban J connectivity index is 0.000000362. The highest BCUT2D eigenvalue weighted by atomic mass is 33.1. The van der Waals surface area contributed by atoms with Crippen molar-refractivity contribution < 1.29 is 4.74 Å². The second-order valence-electron chi connectivity index (χ2n) is 4.78. The molecular formula is C14H28OS4. The van der Waals surface area contributed by atoms with Gasteiger partial charge in [0.25, 0.3) is 0 Å². The third kappa shape index (κ3) is 15.3. The van der Waals surface area contributed by atoms with Crippen LogP contribution < -0.4 is 0 Å². The molecule has 0 aromatic rings. The summed E-state index contributed by atoms with van der Waals surface area (Å²) in [6.45, 7) is 13.5. The minimum atomic E-state index is 0.547. The van der Waals surface area contributed by atoms with Crippen LogP contribution >= 0.6 is 43.2 Å². The fourth-order valence-corrected chi connectivity index (χ4v) is 5.31. The van der Waals surface area contributed by atoms with E-state index in [9.17, 15) is 0 Å². The van der Waals surface area contributed by atoms with Gasteiger partial charge in [0.1, 0.15) is 0 Å². The summed E-state index contributed by atoms with van der Waals surface area (Å²) in [5.41, 5.74) is 0. The smallest absolute Gasteiger partial charge is 0.0674 e. The molecule has 1 aliphatic rings. The molecule has 0 amide bonds. The van der Waals surface area contributed by atoms with Crippen LogP contribution in [0, 0.1) is 0 Å². The SMILES string of the molecule is C=CCSSC(C)C.CC(C)SSCC1CCCO1. The predicted octanol–water partition coefficient (Wildman–Crippen LogP) is 5.92. The van der Waals surface area contributed by atoms with E-state index in [0.717, 1.165) is 22.9 Å². The number of rotatable bonds is 8. The Kier molecular flexibility index (Phi) is 14.9. The lowest BCUT2D eigenvalue weighted by Crippen LogP contribution is -2.07. The first-order valence-corrected chi connectivity index (χ1v) is 11.6. The van der Waals surface area contributed by atoms with Crippen LogP contribution in [0.15, 0.2) is 12.7 Å². The lowest BCUT2D eigenvalue weighted by molar-refractivity contribution is 0.129. The maximum absolute atomic E-state index is 5.50. The molecule has 0 radical (unpaired) electrons. The van der Waals surface area contributed by atoms with E-state index in [-0.39, 0.29) is 0 Å². The zero-order chi connectivity index (χ0) is 14.5. The lowest BCUT2D eigenvalue weighted by Gasteiger charge is -2.08. The first kappa shape index (κ1) is 20.1. The van der Waals surface area contributed by atoms with Gasteiger partial charge in [-0.05, 0) is 12.8 Å². The maximum Gasteiger partial charge on any atom is 0.0674 e. The molecule has 19 heavy (non-hydrogen) atoms. The average molecular weight is 341 g/mol. The predicted molar refractivity (Wildman–Crippen MR) is 99.5 cm³/mol. The molecule has 1 aliphatic heterocycles. The number of hydrogen-bond donors (Lipinski definition) is 0. The molecule has 0 bridgehead atoms. The molecule has 114 valence electrons. The summed E-state index contributed by atoms with van der Waals surface area (Å²) in [4.78, 5) is 0. The maximum atomic E-state index is 5.50. The molecule has 5 heteroatoms. The van der Waals surface area contributed by atoms with Gasteiger partial charge in [-0.3, -0.25) is 0 Å². The van der Waals surface area contributed by atoms with E-state index in [2.05, 4.69) is 34.3 Å². The summed E-state index contributed by atoms with van der Waals surface area (Å²) >= 11 is 0. The van der Waals surface area contributed by atoms with Gasteiger partial charge >= 0.3 is 0 Å². The van der Waals surface area contributed by atoms with Crippen LogP contribution in [0.2, 0.25) is 0 Å². The van der Waals surface area contributed by atoms with E-state index in [1.54, 1.807) is 0 Å². The van der Waals surface area contributed by atoms with Gasteiger partial charge in [0.2, 0.25) is 0 Å². The molecule has 0 aromatic carbocycles. The van der Waals surface area contributed by atoms with Gasteiger partial charge in [-0.2, -0.15) is 0 Å². The zero-order valence-electron chi connectivity index (χ0n) is 12.6. The summed E-state index contributed by atoms with van der Waals surface area (Å²) in [6, 6.07) is 0. The molecule has 0 N–H and O–H groups in total. The van der Waals surface area contributed by atoms with Gasteiger partial charge in [-0.25, -0.2) is 0 Å². The van der Waals surface area contributed by atoms with Crippen LogP contribution in [0.3, 0.4) is 0 Å². The normalized spacial score (nSPS) is 18.5. The van der Waals surface area contributed by atoms with E-state index >= 15 is 0 Å². The molecule has 0 spiro atoms. The Morgan fingerprint density at radius 1 is 1.16 bits per heavy atom. The Morgan fingerprint density at radius 2 is 1.79 bits per heavy atom. The summed E-state index contributed by atoms with van der Waals surface area (Å²) in [7, 11) is 7.67. The Labute approximate surface area is 135 Å². The quantitative estimate of drug-likeness (QED) is 0.307. The van der Waals surface area contributed by atoms with Crippen molar-refractivity contribution in [3.05, 3.63) is 12.7 Å². The Hall–Kier alpha value is 1.10. The zero-order valence-corrected chi connectivity index (χ0v) is 15.9. The molecule has 1 atom stereocenters. The largest absolute Gasteiger partial charge is 0.377 e. The van der Waals surface area contributed by atoms with Gasteiger partial charge in [0.15, 0.2) is 0 Å². The first-order valence-electron chi connectivity index (χ1n) is 6.85. The van der Waals surface area contributed by atoms with Crippen molar-refractivity contribution in [2.45, 2.75) is 57.1 Å². The van der Waals surface area contributed by atoms with Gasteiger partial charge in [0, 0.05) is 28.6 Å². The highest BCUT2D eigenvalue weighted by molar-refractivity contribution is 8.77. The van der Waals surface area contributed by atoms with Crippen molar-refractivity contribution in [2.75, 3.05) is 18.1 Å². The van der Waals surface area contributed by atoms with Gasteiger partial charge in [-0.1, -0.05) is 76.9 Å². The second kappa shape index (κ2) is 14.1. The standard InChI is InChI=1S/C8H16OS2.C6H12S2/c1-7(2)11-10-6-8-4-3-5-9-8;1-4-5-7-8-6(2)3/h7-8H,3-6H2,1-2H3;4,6H,1,5H2,2-3H3. The lowest BCUT2D eigenvalue weighted by atomic mass is 10.3. The molecule has 1 unspecified atom stereocenters. The summed E-state index contributed by atoms with van der Waals surface area (Å²) in [6.07, 6.45) is 5.01. The van der Waals surface area contributed by atoms with Crippen molar-refractivity contribution in [3.63, 3.8) is 0 Å². The molecule has 1 saturated heterocycles. The van der Waals surface area contributed by atoms with Gasteiger partial charge in [0.05, 0.1) is 6.10 Å². The molecule has 1 fully saturated rings. The molecule has 0 saturated carbocycles. The molecule has 0 aromatic heterocycles. The van der Waals surface area contributed by atoms with Gasteiger partial charge in [-0.15, -0.1) is 6.58 Å². The third-order valence-electron chi connectivity index (χ3n) is 1.98. The summed E-state index contributed by atoms with van der Waals surface area (Å²) in [5.74, 6) is 2.23. The molecule has 0 aliphatic carbocycles. The highest BCUT2D eigenvalue weighted by Crippen LogP contribution is 2.29. The van der Waals surface area contributed by atoms with Crippen molar-refractivity contribution in [1.82, 2.24) is 0 Å². The first-order chi connectivity index (χ1) is 9.06. The molecular weight excluding hydrogens is 312 g/mol. The summed E-state index contributed by atoms with van der Waals surface area (Å²) in [5, 5.41) is 1.47. The van der Waals surface area contributed by atoms with Crippen LogP contribution in [0.1, 0.15) is 40.5 Å². The number of ether oxygens (including phenoxy) is 1. The molecule has 1 rings (SSSR count). The average Bonchev–Trinajstić information content (AvgIpc) is 2.82. The van der Waals surface area contributed by atoms with E-state index < -0.39 is 0 Å². The van der Waals surface area contributed by atoms with E-state index in [0.29, 0.717) is 6.10 Å². The second-order valence-corrected chi connectivity index (χ2v) is 10.8. The Bertz CT molecular complexity index is 204. The summed E-state index contributed by atoms with van der Waals surface area (Å²) < 4.78 is 5.50. The van der Waals surface area contributed by atoms with E-state index in [4.69, 9.17) is 4.74 Å². The number of hydrogen-bond acceptors (Lipinski definition) is 5. The third-order valence-corrected chi connectivity index (χ3v) is 7.85. The van der Waals surface area contributed by atoms with Crippen LogP contribution in [0.25, 0.3) is 0 Å². The fraction of sp³-hybridized carbons (Fsp3) is 0.857. The van der Waals surface area contributed by atoms with Crippen molar-refractivity contribution >= 4 is 43.2 Å². The van der Waals surface area contributed by atoms with Crippen LogP contribution in [-0.4, -0.2) is 34.7 Å². The van der Waals surface area contributed by atoms with Gasteiger partial charge < -0.3 is 4.74 Å².